The second-order valence-electron chi connectivity index (χ2n) is 4.60. The first-order chi connectivity index (χ1) is 8.63. The molecule has 1 aliphatic rings. The van der Waals surface area contributed by atoms with Crippen LogP contribution in [0.15, 0.2) is 22.7 Å². The Morgan fingerprint density at radius 3 is 3.00 bits per heavy atom. The smallest absolute Gasteiger partial charge is 0.0755 e. The number of nitrogens with zero attached hydrogens (tertiary/aromatic N) is 1. The number of aliphatic hydroxyl groups is 1. The molecule has 2 rings (SSSR count). The summed E-state index contributed by atoms with van der Waals surface area (Å²) in [4.78, 5) is 2.18. The number of morpholine rings is 1. The summed E-state index contributed by atoms with van der Waals surface area (Å²) in [6.45, 7) is 4.14. The fourth-order valence-corrected chi connectivity index (χ4v) is 2.94. The van der Waals surface area contributed by atoms with Crippen LogP contribution in [0.1, 0.15) is 18.5 Å². The van der Waals surface area contributed by atoms with Gasteiger partial charge in [0.15, 0.2) is 0 Å². The van der Waals surface area contributed by atoms with E-state index in [1.165, 1.54) is 0 Å². The average molecular weight is 315 g/mol. The van der Waals surface area contributed by atoms with Crippen LogP contribution < -0.4 is 10.6 Å². The van der Waals surface area contributed by atoms with Gasteiger partial charge in [-0.2, -0.15) is 0 Å². The Morgan fingerprint density at radius 2 is 2.39 bits per heavy atom. The zero-order chi connectivity index (χ0) is 13.1. The van der Waals surface area contributed by atoms with E-state index in [-0.39, 0.29) is 18.7 Å². The van der Waals surface area contributed by atoms with E-state index in [1.807, 2.05) is 13.0 Å². The lowest BCUT2D eigenvalue weighted by Crippen LogP contribution is -2.47. The van der Waals surface area contributed by atoms with E-state index in [0.29, 0.717) is 13.2 Å². The van der Waals surface area contributed by atoms with Crippen molar-refractivity contribution in [2.45, 2.75) is 19.0 Å². The second-order valence-corrected chi connectivity index (χ2v) is 5.45. The van der Waals surface area contributed by atoms with E-state index in [0.717, 1.165) is 22.3 Å². The number of rotatable bonds is 3. The van der Waals surface area contributed by atoms with E-state index in [1.54, 1.807) is 0 Å². The molecule has 5 heteroatoms. The minimum atomic E-state index is 0.00625. The van der Waals surface area contributed by atoms with Gasteiger partial charge in [-0.1, -0.05) is 22.0 Å². The summed E-state index contributed by atoms with van der Waals surface area (Å²) < 4.78 is 6.40. The highest BCUT2D eigenvalue weighted by atomic mass is 79.9. The molecule has 0 bridgehead atoms. The molecule has 3 N–H and O–H groups in total. The van der Waals surface area contributed by atoms with Crippen LogP contribution in [-0.4, -0.2) is 37.5 Å². The summed E-state index contributed by atoms with van der Waals surface area (Å²) in [5.41, 5.74) is 8.07. The molecule has 1 aromatic rings. The third kappa shape index (κ3) is 2.85. The summed E-state index contributed by atoms with van der Waals surface area (Å²) >= 11 is 3.56. The fourth-order valence-electron chi connectivity index (χ4n) is 2.21. The molecule has 2 atom stereocenters. The number of anilines is 1. The number of nitrogens with two attached hydrogens (primary N) is 1. The Balaban J connectivity index is 2.24. The molecule has 1 fully saturated rings. The van der Waals surface area contributed by atoms with E-state index in [4.69, 9.17) is 10.5 Å². The van der Waals surface area contributed by atoms with Crippen molar-refractivity contribution in [3.05, 3.63) is 28.2 Å². The Hall–Kier alpha value is -0.620. The molecule has 0 amide bonds. The van der Waals surface area contributed by atoms with Crippen LogP contribution in [0, 0.1) is 0 Å². The van der Waals surface area contributed by atoms with Gasteiger partial charge in [0.05, 0.1) is 25.9 Å². The molecule has 0 saturated carbocycles. The van der Waals surface area contributed by atoms with Crippen LogP contribution in [0.2, 0.25) is 0 Å². The number of halogens is 1. The predicted octanol–water partition coefficient (Wildman–Crippen LogP) is 1.67. The summed E-state index contributed by atoms with van der Waals surface area (Å²) in [6.07, 6.45) is 0. The molecule has 1 unspecified atom stereocenters. The van der Waals surface area contributed by atoms with Gasteiger partial charge >= 0.3 is 0 Å². The first-order valence-corrected chi connectivity index (χ1v) is 6.93. The van der Waals surface area contributed by atoms with Gasteiger partial charge in [-0.3, -0.25) is 0 Å². The highest BCUT2D eigenvalue weighted by Gasteiger charge is 2.23. The molecule has 1 heterocycles. The highest BCUT2D eigenvalue weighted by Crippen LogP contribution is 2.29. The Labute approximate surface area is 116 Å². The van der Waals surface area contributed by atoms with Crippen LogP contribution in [0.5, 0.6) is 0 Å². The van der Waals surface area contributed by atoms with Crippen molar-refractivity contribution in [2.24, 2.45) is 5.73 Å². The number of benzene rings is 1. The standard InChI is InChI=1S/C13H19BrN2O2/c1-9(15)12-3-2-10(6-13(12)14)16-4-5-18-8-11(16)7-17/h2-3,6,9,11,17H,4-5,7-8,15H2,1H3/t9-,11?/m1/s1. The van der Waals surface area contributed by atoms with Crippen molar-refractivity contribution >= 4 is 21.6 Å². The maximum absolute atomic E-state index is 9.38. The Kier molecular flexibility index (Phi) is 4.61. The van der Waals surface area contributed by atoms with Gasteiger partial charge < -0.3 is 20.5 Å². The van der Waals surface area contributed by atoms with Gasteiger partial charge in [0, 0.05) is 22.7 Å². The Bertz CT molecular complexity index is 412. The molecule has 0 aliphatic carbocycles. The van der Waals surface area contributed by atoms with Crippen molar-refractivity contribution in [3.8, 4) is 0 Å². The maximum atomic E-state index is 9.38. The molecule has 1 saturated heterocycles. The van der Waals surface area contributed by atoms with Crippen molar-refractivity contribution in [2.75, 3.05) is 31.3 Å². The van der Waals surface area contributed by atoms with Crippen LogP contribution in [-0.2, 0) is 4.74 Å². The lowest BCUT2D eigenvalue weighted by Gasteiger charge is -2.36. The van der Waals surface area contributed by atoms with Gasteiger partial charge in [0.1, 0.15) is 0 Å². The summed E-state index contributed by atoms with van der Waals surface area (Å²) in [6, 6.07) is 6.19. The fraction of sp³-hybridized carbons (Fsp3) is 0.538. The quantitative estimate of drug-likeness (QED) is 0.891. The number of aliphatic hydroxyl groups excluding tert-OH is 1. The van der Waals surface area contributed by atoms with Crippen LogP contribution in [0.3, 0.4) is 0 Å². The van der Waals surface area contributed by atoms with E-state index < -0.39 is 0 Å². The molecule has 0 radical (unpaired) electrons. The van der Waals surface area contributed by atoms with Gasteiger partial charge in [0.2, 0.25) is 0 Å². The molecule has 4 nitrogen and oxygen atoms in total. The van der Waals surface area contributed by atoms with E-state index in [2.05, 4.69) is 33.0 Å². The third-order valence-electron chi connectivity index (χ3n) is 3.24. The van der Waals surface area contributed by atoms with Crippen molar-refractivity contribution < 1.29 is 9.84 Å². The van der Waals surface area contributed by atoms with Crippen molar-refractivity contribution in [1.29, 1.82) is 0 Å². The molecular formula is C13H19BrN2O2. The first kappa shape index (κ1) is 13.8. The lowest BCUT2D eigenvalue weighted by atomic mass is 10.1. The summed E-state index contributed by atoms with van der Waals surface area (Å²) in [5.74, 6) is 0. The molecule has 0 aromatic heterocycles. The maximum Gasteiger partial charge on any atom is 0.0755 e. The van der Waals surface area contributed by atoms with E-state index >= 15 is 0 Å². The average Bonchev–Trinajstić information content (AvgIpc) is 2.38. The zero-order valence-corrected chi connectivity index (χ0v) is 12.1. The summed E-state index contributed by atoms with van der Waals surface area (Å²) in [7, 11) is 0. The van der Waals surface area contributed by atoms with Gasteiger partial charge in [-0.15, -0.1) is 0 Å². The third-order valence-corrected chi connectivity index (χ3v) is 3.93. The topological polar surface area (TPSA) is 58.7 Å². The minimum Gasteiger partial charge on any atom is -0.394 e. The van der Waals surface area contributed by atoms with Crippen LogP contribution in [0.25, 0.3) is 0 Å². The largest absolute Gasteiger partial charge is 0.394 e. The molecule has 1 aromatic carbocycles. The first-order valence-electron chi connectivity index (χ1n) is 6.13. The number of ether oxygens (including phenoxy) is 1. The minimum absolute atomic E-state index is 0.00625. The molecule has 1 aliphatic heterocycles. The molecule has 0 spiro atoms. The number of hydrogen-bond acceptors (Lipinski definition) is 4. The predicted molar refractivity (Wildman–Crippen MR) is 75.8 cm³/mol. The normalized spacial score (nSPS) is 22.0. The van der Waals surface area contributed by atoms with Gasteiger partial charge in [-0.25, -0.2) is 0 Å². The monoisotopic (exact) mass is 314 g/mol. The van der Waals surface area contributed by atoms with Crippen LogP contribution >= 0.6 is 15.9 Å². The zero-order valence-electron chi connectivity index (χ0n) is 10.5. The van der Waals surface area contributed by atoms with Crippen molar-refractivity contribution in [1.82, 2.24) is 0 Å². The molecule has 18 heavy (non-hydrogen) atoms. The Morgan fingerprint density at radius 1 is 1.61 bits per heavy atom. The number of hydrogen-bond donors (Lipinski definition) is 2. The summed E-state index contributed by atoms with van der Waals surface area (Å²) in [5, 5.41) is 9.38. The lowest BCUT2D eigenvalue weighted by molar-refractivity contribution is 0.0727. The second kappa shape index (κ2) is 6.02. The van der Waals surface area contributed by atoms with Gasteiger partial charge in [0.25, 0.3) is 0 Å². The highest BCUT2D eigenvalue weighted by molar-refractivity contribution is 9.10. The van der Waals surface area contributed by atoms with Gasteiger partial charge in [-0.05, 0) is 24.6 Å². The van der Waals surface area contributed by atoms with E-state index in [9.17, 15) is 5.11 Å². The van der Waals surface area contributed by atoms with Crippen molar-refractivity contribution in [3.63, 3.8) is 0 Å². The van der Waals surface area contributed by atoms with Crippen LogP contribution in [0.4, 0.5) is 5.69 Å². The molecule has 100 valence electrons. The molecular weight excluding hydrogens is 296 g/mol. The SMILES string of the molecule is C[C@@H](N)c1ccc(N2CCOCC2CO)cc1Br.